The number of fused-ring (bicyclic) bond motifs is 3. The molecule has 1 aliphatic rings. The van der Waals surface area contributed by atoms with Gasteiger partial charge in [-0.15, -0.1) is 11.3 Å². The molecule has 0 bridgehead atoms. The molecule has 1 atom stereocenters. The maximum absolute atomic E-state index is 12.4. The molecule has 2 aromatic carbocycles. The SMILES string of the molecule is O=C(Cc1csc(NC(=O)OCC2c3ccccc3-c3ccccc32)n1)NC(CCO)C(=O)O. The van der Waals surface area contributed by atoms with E-state index in [4.69, 9.17) is 14.9 Å². The van der Waals surface area contributed by atoms with E-state index in [0.717, 1.165) is 33.6 Å². The lowest BCUT2D eigenvalue weighted by Crippen LogP contribution is -2.42. The van der Waals surface area contributed by atoms with Crippen LogP contribution in [0.3, 0.4) is 0 Å². The monoisotopic (exact) mass is 481 g/mol. The third kappa shape index (κ3) is 5.24. The van der Waals surface area contributed by atoms with Crippen molar-refractivity contribution in [2.24, 2.45) is 0 Å². The van der Waals surface area contributed by atoms with Crippen LogP contribution >= 0.6 is 11.3 Å². The Balaban J connectivity index is 1.32. The van der Waals surface area contributed by atoms with Gasteiger partial charge in [0.2, 0.25) is 5.91 Å². The van der Waals surface area contributed by atoms with Crippen molar-refractivity contribution in [1.82, 2.24) is 10.3 Å². The summed E-state index contributed by atoms with van der Waals surface area (Å²) < 4.78 is 5.49. The zero-order valence-electron chi connectivity index (χ0n) is 18.1. The summed E-state index contributed by atoms with van der Waals surface area (Å²) >= 11 is 1.13. The van der Waals surface area contributed by atoms with E-state index in [2.05, 4.69) is 27.8 Å². The molecule has 0 spiro atoms. The highest BCUT2D eigenvalue weighted by atomic mass is 32.1. The van der Waals surface area contributed by atoms with Gasteiger partial charge in [0.25, 0.3) is 0 Å². The molecule has 176 valence electrons. The first-order valence-corrected chi connectivity index (χ1v) is 11.5. The van der Waals surface area contributed by atoms with Crippen molar-refractivity contribution in [3.8, 4) is 11.1 Å². The molecule has 1 unspecified atom stereocenters. The van der Waals surface area contributed by atoms with Gasteiger partial charge >= 0.3 is 12.1 Å². The number of aliphatic hydroxyl groups is 1. The van der Waals surface area contributed by atoms with Crippen molar-refractivity contribution in [2.45, 2.75) is 24.8 Å². The molecule has 0 saturated heterocycles. The lowest BCUT2D eigenvalue weighted by molar-refractivity contribution is -0.142. The Morgan fingerprint density at radius 2 is 1.71 bits per heavy atom. The second-order valence-electron chi connectivity index (χ2n) is 7.74. The molecule has 0 aliphatic heterocycles. The minimum absolute atomic E-state index is 0.0604. The van der Waals surface area contributed by atoms with Gasteiger partial charge in [-0.2, -0.15) is 0 Å². The van der Waals surface area contributed by atoms with Gasteiger partial charge in [-0.25, -0.2) is 14.6 Å². The third-order valence-corrected chi connectivity index (χ3v) is 6.30. The van der Waals surface area contributed by atoms with Crippen LogP contribution in [-0.2, 0) is 20.7 Å². The fourth-order valence-electron chi connectivity index (χ4n) is 3.96. The second-order valence-corrected chi connectivity index (χ2v) is 8.60. The first-order valence-electron chi connectivity index (χ1n) is 10.7. The summed E-state index contributed by atoms with van der Waals surface area (Å²) in [6.45, 7) is -0.190. The van der Waals surface area contributed by atoms with E-state index < -0.39 is 24.0 Å². The van der Waals surface area contributed by atoms with Crippen LogP contribution in [0.2, 0.25) is 0 Å². The number of thiazole rings is 1. The van der Waals surface area contributed by atoms with Crippen molar-refractivity contribution in [1.29, 1.82) is 0 Å². The average Bonchev–Trinajstić information content (AvgIpc) is 3.39. The number of carbonyl (C=O) groups excluding carboxylic acids is 2. The van der Waals surface area contributed by atoms with Crippen molar-refractivity contribution >= 4 is 34.4 Å². The van der Waals surface area contributed by atoms with Crippen LogP contribution < -0.4 is 10.6 Å². The zero-order chi connectivity index (χ0) is 24.1. The smallest absolute Gasteiger partial charge is 0.413 e. The fourth-order valence-corrected chi connectivity index (χ4v) is 4.66. The molecule has 0 fully saturated rings. The molecule has 1 aliphatic carbocycles. The van der Waals surface area contributed by atoms with Gasteiger partial charge in [0, 0.05) is 24.3 Å². The number of nitrogens with one attached hydrogen (secondary N) is 2. The van der Waals surface area contributed by atoms with Crippen LogP contribution in [0.4, 0.5) is 9.93 Å². The number of aromatic nitrogens is 1. The molecule has 3 aromatic rings. The summed E-state index contributed by atoms with van der Waals surface area (Å²) in [7, 11) is 0. The maximum atomic E-state index is 12.4. The molecule has 4 rings (SSSR count). The fraction of sp³-hybridized carbons (Fsp3) is 0.250. The van der Waals surface area contributed by atoms with Gasteiger partial charge < -0.3 is 20.3 Å². The van der Waals surface area contributed by atoms with Gasteiger partial charge in [-0.05, 0) is 22.3 Å². The topological polar surface area (TPSA) is 138 Å². The summed E-state index contributed by atoms with van der Waals surface area (Å²) in [4.78, 5) is 39.7. The van der Waals surface area contributed by atoms with Gasteiger partial charge in [-0.1, -0.05) is 48.5 Å². The van der Waals surface area contributed by atoms with E-state index >= 15 is 0 Å². The number of aliphatic hydroxyl groups excluding tert-OH is 1. The molecule has 1 heterocycles. The molecule has 0 saturated carbocycles. The highest BCUT2D eigenvalue weighted by Crippen LogP contribution is 2.44. The largest absolute Gasteiger partial charge is 0.480 e. The van der Waals surface area contributed by atoms with E-state index in [9.17, 15) is 14.4 Å². The Labute approximate surface area is 199 Å². The highest BCUT2D eigenvalue weighted by molar-refractivity contribution is 7.13. The number of carboxylic acids is 1. The van der Waals surface area contributed by atoms with E-state index in [1.54, 1.807) is 5.38 Å². The number of hydrogen-bond donors (Lipinski definition) is 4. The van der Waals surface area contributed by atoms with E-state index in [-0.39, 0.29) is 37.1 Å². The van der Waals surface area contributed by atoms with Crippen molar-refractivity contribution in [3.05, 3.63) is 70.7 Å². The van der Waals surface area contributed by atoms with E-state index in [1.165, 1.54) is 0 Å². The number of carboxylic acid groups (broad SMARTS) is 1. The van der Waals surface area contributed by atoms with Crippen LogP contribution in [-0.4, -0.2) is 52.4 Å². The number of amides is 2. The standard InChI is InChI=1S/C24H23N3O6S/c28-10-9-20(22(30)31)26-21(29)11-14-13-34-23(25-14)27-24(32)33-12-19-17-7-3-1-5-15(17)16-6-2-4-8-18(16)19/h1-8,13,19-20,28H,9-12H2,(H,26,29)(H,30,31)(H,25,27,32). The first-order chi connectivity index (χ1) is 16.5. The number of ether oxygens (including phenoxy) is 1. The van der Waals surface area contributed by atoms with Crippen molar-refractivity contribution in [3.63, 3.8) is 0 Å². The van der Waals surface area contributed by atoms with Gasteiger partial charge in [0.1, 0.15) is 12.6 Å². The van der Waals surface area contributed by atoms with E-state index in [0.29, 0.717) is 5.69 Å². The van der Waals surface area contributed by atoms with Gasteiger partial charge in [-0.3, -0.25) is 10.1 Å². The lowest BCUT2D eigenvalue weighted by Gasteiger charge is -2.14. The molecular formula is C24H23N3O6S. The van der Waals surface area contributed by atoms with Crippen LogP contribution in [0, 0.1) is 0 Å². The Bertz CT molecular complexity index is 1170. The van der Waals surface area contributed by atoms with Crippen molar-refractivity contribution < 1.29 is 29.3 Å². The Morgan fingerprint density at radius 3 is 2.32 bits per heavy atom. The van der Waals surface area contributed by atoms with Crippen molar-refractivity contribution in [2.75, 3.05) is 18.5 Å². The molecule has 2 amide bonds. The molecule has 0 radical (unpaired) electrons. The van der Waals surface area contributed by atoms with Crippen LogP contribution in [0.15, 0.2) is 53.9 Å². The molecular weight excluding hydrogens is 458 g/mol. The first kappa shape index (κ1) is 23.4. The number of anilines is 1. The minimum Gasteiger partial charge on any atom is -0.480 e. The normalized spacial score (nSPS) is 13.0. The van der Waals surface area contributed by atoms with E-state index in [1.807, 2.05) is 36.4 Å². The quantitative estimate of drug-likeness (QED) is 0.369. The molecule has 1 aromatic heterocycles. The highest BCUT2D eigenvalue weighted by Gasteiger charge is 2.29. The zero-order valence-corrected chi connectivity index (χ0v) is 18.9. The minimum atomic E-state index is -1.22. The number of rotatable bonds is 9. The number of carbonyl (C=O) groups is 3. The summed E-state index contributed by atoms with van der Waals surface area (Å²) in [5.41, 5.74) is 4.88. The van der Waals surface area contributed by atoms with Crippen LogP contribution in [0.5, 0.6) is 0 Å². The summed E-state index contributed by atoms with van der Waals surface area (Å²) in [6, 6.07) is 14.9. The van der Waals surface area contributed by atoms with Crippen LogP contribution in [0.1, 0.15) is 29.2 Å². The Kier molecular flexibility index (Phi) is 7.19. The summed E-state index contributed by atoms with van der Waals surface area (Å²) in [5, 5.41) is 24.7. The molecule has 9 nitrogen and oxygen atoms in total. The molecule has 34 heavy (non-hydrogen) atoms. The summed E-state index contributed by atoms with van der Waals surface area (Å²) in [5.74, 6) is -1.83. The summed E-state index contributed by atoms with van der Waals surface area (Å²) in [6.07, 6.45) is -0.897. The molecule has 4 N–H and O–H groups in total. The third-order valence-electron chi connectivity index (χ3n) is 5.50. The van der Waals surface area contributed by atoms with Gasteiger partial charge in [0.05, 0.1) is 12.1 Å². The number of hydrogen-bond acceptors (Lipinski definition) is 7. The van der Waals surface area contributed by atoms with Gasteiger partial charge in [0.15, 0.2) is 5.13 Å². The predicted octanol–water partition coefficient (Wildman–Crippen LogP) is 3.00. The number of benzene rings is 2. The lowest BCUT2D eigenvalue weighted by atomic mass is 9.98. The molecule has 10 heteroatoms. The second kappa shape index (κ2) is 10.4. The van der Waals surface area contributed by atoms with Crippen LogP contribution in [0.25, 0.3) is 11.1 Å². The predicted molar refractivity (Wildman–Crippen MR) is 126 cm³/mol. The number of nitrogens with zero attached hydrogens (tertiary/aromatic N) is 1. The Hall–Kier alpha value is -3.76. The number of aliphatic carboxylic acids is 1. The maximum Gasteiger partial charge on any atom is 0.413 e. The Morgan fingerprint density at radius 1 is 1.06 bits per heavy atom. The average molecular weight is 482 g/mol.